The summed E-state index contributed by atoms with van der Waals surface area (Å²) in [5.74, 6) is 0.599. The van der Waals surface area contributed by atoms with E-state index >= 15 is 0 Å². The van der Waals surface area contributed by atoms with Crippen molar-refractivity contribution < 1.29 is 18.3 Å². The predicted molar refractivity (Wildman–Crippen MR) is 82.4 cm³/mol. The predicted octanol–water partition coefficient (Wildman–Crippen LogP) is 3.41. The van der Waals surface area contributed by atoms with Crippen LogP contribution in [0, 0.1) is 0 Å². The summed E-state index contributed by atoms with van der Waals surface area (Å²) in [7, 11) is 0. The van der Waals surface area contributed by atoms with Gasteiger partial charge in [0.05, 0.1) is 12.2 Å². The molecule has 3 rings (SSSR count). The number of nitrogens with one attached hydrogen (secondary N) is 1. The number of aromatic nitrogens is 3. The van der Waals surface area contributed by atoms with Gasteiger partial charge in [-0.1, -0.05) is 12.1 Å². The van der Waals surface area contributed by atoms with Crippen LogP contribution in [0.2, 0.25) is 0 Å². The molecule has 0 saturated heterocycles. The molecule has 0 aliphatic heterocycles. The largest absolute Gasteiger partial charge is 0.416 e. The molecule has 0 saturated carbocycles. The second kappa shape index (κ2) is 6.12. The van der Waals surface area contributed by atoms with E-state index in [1.54, 1.807) is 16.6 Å². The van der Waals surface area contributed by atoms with E-state index in [2.05, 4.69) is 15.4 Å². The summed E-state index contributed by atoms with van der Waals surface area (Å²) in [6.07, 6.45) is -2.96. The fourth-order valence-corrected chi connectivity index (χ4v) is 2.44. The Morgan fingerprint density at radius 3 is 2.54 bits per heavy atom. The van der Waals surface area contributed by atoms with Gasteiger partial charge >= 0.3 is 6.18 Å². The summed E-state index contributed by atoms with van der Waals surface area (Å²) in [6.45, 7) is 1.68. The van der Waals surface area contributed by atoms with Crippen molar-refractivity contribution in [3.8, 4) is 0 Å². The zero-order valence-electron chi connectivity index (χ0n) is 12.7. The Hall–Kier alpha value is -2.61. The standard InChI is InChI=1S/C16H15F3N4O/c1-10(12-2-4-13(5-3-12)16(17,18)19)22-15-7-11(8-24)6-14-20-9-21-23(14)15/h2-7,9-10,22,24H,8H2,1H3/t10-/m0/s1. The number of halogens is 3. The van der Waals surface area contributed by atoms with E-state index in [0.717, 1.165) is 12.1 Å². The van der Waals surface area contributed by atoms with Crippen molar-refractivity contribution in [3.05, 3.63) is 59.4 Å². The van der Waals surface area contributed by atoms with Crippen LogP contribution < -0.4 is 5.32 Å². The number of benzene rings is 1. The molecular weight excluding hydrogens is 321 g/mol. The van der Waals surface area contributed by atoms with Crippen LogP contribution in [0.1, 0.15) is 29.7 Å². The number of pyridine rings is 1. The zero-order chi connectivity index (χ0) is 17.3. The van der Waals surface area contributed by atoms with Crippen molar-refractivity contribution >= 4 is 11.5 Å². The van der Waals surface area contributed by atoms with Crippen molar-refractivity contribution in [1.82, 2.24) is 14.6 Å². The Balaban J connectivity index is 1.87. The molecule has 0 bridgehead atoms. The first kappa shape index (κ1) is 16.3. The van der Waals surface area contributed by atoms with Gasteiger partial charge < -0.3 is 10.4 Å². The number of alkyl halides is 3. The number of aliphatic hydroxyl groups excluding tert-OH is 1. The van der Waals surface area contributed by atoms with Crippen LogP contribution in [0.25, 0.3) is 5.65 Å². The lowest BCUT2D eigenvalue weighted by Gasteiger charge is -2.17. The van der Waals surface area contributed by atoms with Gasteiger partial charge in [0.25, 0.3) is 0 Å². The van der Waals surface area contributed by atoms with Gasteiger partial charge in [0.1, 0.15) is 12.1 Å². The molecule has 0 unspecified atom stereocenters. The Morgan fingerprint density at radius 1 is 1.21 bits per heavy atom. The number of aliphatic hydroxyl groups is 1. The number of fused-ring (bicyclic) bond motifs is 1. The average Bonchev–Trinajstić information content (AvgIpc) is 3.02. The smallest absolute Gasteiger partial charge is 0.392 e. The van der Waals surface area contributed by atoms with Gasteiger partial charge in [-0.15, -0.1) is 0 Å². The van der Waals surface area contributed by atoms with Gasteiger partial charge in [0.15, 0.2) is 5.65 Å². The summed E-state index contributed by atoms with van der Waals surface area (Å²) in [5.41, 5.74) is 1.26. The number of rotatable bonds is 4. The molecule has 2 N–H and O–H groups in total. The van der Waals surface area contributed by atoms with Gasteiger partial charge in [-0.25, -0.2) is 4.98 Å². The first-order valence-corrected chi connectivity index (χ1v) is 7.25. The molecule has 1 atom stereocenters. The van der Waals surface area contributed by atoms with Crippen molar-refractivity contribution in [2.75, 3.05) is 5.32 Å². The monoisotopic (exact) mass is 336 g/mol. The lowest BCUT2D eigenvalue weighted by molar-refractivity contribution is -0.137. The van der Waals surface area contributed by atoms with E-state index in [9.17, 15) is 18.3 Å². The third-order valence-electron chi connectivity index (χ3n) is 3.72. The molecule has 1 aromatic carbocycles. The molecule has 0 amide bonds. The molecule has 0 aliphatic rings. The normalized spacial score (nSPS) is 13.2. The maximum atomic E-state index is 12.6. The Kier molecular flexibility index (Phi) is 4.15. The van der Waals surface area contributed by atoms with Crippen LogP contribution in [0.4, 0.5) is 19.0 Å². The quantitative estimate of drug-likeness (QED) is 0.766. The van der Waals surface area contributed by atoms with Gasteiger partial charge in [0, 0.05) is 6.04 Å². The number of hydrogen-bond donors (Lipinski definition) is 2. The van der Waals surface area contributed by atoms with E-state index in [-0.39, 0.29) is 12.6 Å². The van der Waals surface area contributed by atoms with Crippen molar-refractivity contribution in [1.29, 1.82) is 0 Å². The summed E-state index contributed by atoms with van der Waals surface area (Å²) in [6, 6.07) is 8.17. The summed E-state index contributed by atoms with van der Waals surface area (Å²) in [5, 5.41) is 16.6. The summed E-state index contributed by atoms with van der Waals surface area (Å²) < 4.78 is 39.5. The minimum atomic E-state index is -4.35. The van der Waals surface area contributed by atoms with Gasteiger partial charge in [-0.3, -0.25) is 0 Å². The van der Waals surface area contributed by atoms with Crippen LogP contribution in [0.15, 0.2) is 42.7 Å². The van der Waals surface area contributed by atoms with E-state index in [1.165, 1.54) is 18.5 Å². The highest BCUT2D eigenvalue weighted by atomic mass is 19.4. The molecule has 2 aromatic heterocycles. The Bertz CT molecular complexity index is 843. The molecule has 5 nitrogen and oxygen atoms in total. The lowest BCUT2D eigenvalue weighted by Crippen LogP contribution is -2.12. The van der Waals surface area contributed by atoms with E-state index in [1.807, 2.05) is 6.92 Å². The summed E-state index contributed by atoms with van der Waals surface area (Å²) >= 11 is 0. The molecule has 0 fully saturated rings. The van der Waals surface area contributed by atoms with Crippen LogP contribution in [0.5, 0.6) is 0 Å². The molecule has 0 aliphatic carbocycles. The highest BCUT2D eigenvalue weighted by Gasteiger charge is 2.30. The second-order valence-electron chi connectivity index (χ2n) is 5.42. The molecule has 0 spiro atoms. The van der Waals surface area contributed by atoms with Crippen LogP contribution >= 0.6 is 0 Å². The molecule has 2 heterocycles. The maximum Gasteiger partial charge on any atom is 0.416 e. The SMILES string of the molecule is C[C@H](Nc1cc(CO)cc2ncnn12)c1ccc(C(F)(F)F)cc1. The van der Waals surface area contributed by atoms with Crippen LogP contribution in [-0.4, -0.2) is 19.7 Å². The van der Waals surface area contributed by atoms with E-state index in [4.69, 9.17) is 0 Å². The van der Waals surface area contributed by atoms with Gasteiger partial charge in [-0.05, 0) is 42.3 Å². The lowest BCUT2D eigenvalue weighted by atomic mass is 10.1. The zero-order valence-corrected chi connectivity index (χ0v) is 12.7. The minimum Gasteiger partial charge on any atom is -0.392 e. The van der Waals surface area contributed by atoms with Crippen molar-refractivity contribution in [3.63, 3.8) is 0 Å². The highest BCUT2D eigenvalue weighted by molar-refractivity contribution is 5.52. The average molecular weight is 336 g/mol. The summed E-state index contributed by atoms with van der Waals surface area (Å²) in [4.78, 5) is 4.08. The third kappa shape index (κ3) is 3.18. The van der Waals surface area contributed by atoms with E-state index in [0.29, 0.717) is 22.6 Å². The number of hydrogen-bond acceptors (Lipinski definition) is 4. The molecule has 0 radical (unpaired) electrons. The molecule has 8 heteroatoms. The minimum absolute atomic E-state index is 0.146. The van der Waals surface area contributed by atoms with Crippen LogP contribution in [-0.2, 0) is 12.8 Å². The topological polar surface area (TPSA) is 62.5 Å². The number of nitrogens with zero attached hydrogens (tertiary/aromatic N) is 3. The fraction of sp³-hybridized carbons (Fsp3) is 0.250. The van der Waals surface area contributed by atoms with Crippen molar-refractivity contribution in [2.24, 2.45) is 0 Å². The fourth-order valence-electron chi connectivity index (χ4n) is 2.44. The Labute approximate surface area is 135 Å². The van der Waals surface area contributed by atoms with Crippen molar-refractivity contribution in [2.45, 2.75) is 25.7 Å². The first-order valence-electron chi connectivity index (χ1n) is 7.25. The van der Waals surface area contributed by atoms with Gasteiger partial charge in [-0.2, -0.15) is 22.8 Å². The molecule has 24 heavy (non-hydrogen) atoms. The van der Waals surface area contributed by atoms with Gasteiger partial charge in [0.2, 0.25) is 0 Å². The highest BCUT2D eigenvalue weighted by Crippen LogP contribution is 2.30. The third-order valence-corrected chi connectivity index (χ3v) is 3.72. The van der Waals surface area contributed by atoms with Crippen LogP contribution in [0.3, 0.4) is 0 Å². The number of anilines is 1. The maximum absolute atomic E-state index is 12.6. The van der Waals surface area contributed by atoms with E-state index < -0.39 is 11.7 Å². The first-order chi connectivity index (χ1) is 11.4. The second-order valence-corrected chi connectivity index (χ2v) is 5.42. The molecular formula is C16H15F3N4O. The molecule has 3 aromatic rings. The Morgan fingerprint density at radius 2 is 1.92 bits per heavy atom. The molecule has 126 valence electrons.